The van der Waals surface area contributed by atoms with Crippen LogP contribution < -0.4 is 5.32 Å². The molecule has 0 radical (unpaired) electrons. The standard InChI is InChI=1S/C26H25NO2/c28-25(29-26(16-18-27-19-17-26)23-14-8-3-9-15-23)24(22-12-6-2-7-13-22)20-21-10-4-1-5-11-21/h1-15,20,27H,16-19H2/b24-20+. The minimum atomic E-state index is -0.603. The molecule has 3 heteroatoms. The molecule has 3 aromatic carbocycles. The predicted octanol–water partition coefficient (Wildman–Crippen LogP) is 5.05. The normalized spacial score (nSPS) is 16.2. The number of hydrogen-bond donors (Lipinski definition) is 1. The summed E-state index contributed by atoms with van der Waals surface area (Å²) in [5.74, 6) is -0.286. The third-order valence-corrected chi connectivity index (χ3v) is 5.41. The van der Waals surface area contributed by atoms with Gasteiger partial charge in [-0.25, -0.2) is 4.79 Å². The van der Waals surface area contributed by atoms with Gasteiger partial charge in [-0.3, -0.25) is 0 Å². The van der Waals surface area contributed by atoms with Crippen LogP contribution in [0.15, 0.2) is 91.0 Å². The zero-order valence-electron chi connectivity index (χ0n) is 16.4. The number of carbonyl (C=O) groups excluding carboxylic acids is 1. The first-order valence-electron chi connectivity index (χ1n) is 10.1. The SMILES string of the molecule is O=C(OC1(c2ccccc2)CCNCC1)/C(=C/c1ccccc1)c1ccccc1. The Kier molecular flexibility index (Phi) is 5.87. The number of nitrogens with one attached hydrogen (secondary N) is 1. The average molecular weight is 383 g/mol. The molecule has 1 aliphatic heterocycles. The smallest absolute Gasteiger partial charge is 0.339 e. The van der Waals surface area contributed by atoms with Gasteiger partial charge < -0.3 is 10.1 Å². The van der Waals surface area contributed by atoms with Crippen LogP contribution in [0.2, 0.25) is 0 Å². The Morgan fingerprint density at radius 2 is 1.34 bits per heavy atom. The number of ether oxygens (including phenoxy) is 1. The van der Waals surface area contributed by atoms with Crippen molar-refractivity contribution in [1.29, 1.82) is 0 Å². The van der Waals surface area contributed by atoms with Crippen molar-refractivity contribution in [2.24, 2.45) is 0 Å². The van der Waals surface area contributed by atoms with E-state index < -0.39 is 5.60 Å². The van der Waals surface area contributed by atoms with Gasteiger partial charge in [0.2, 0.25) is 0 Å². The lowest BCUT2D eigenvalue weighted by molar-refractivity contribution is -0.156. The Morgan fingerprint density at radius 3 is 1.97 bits per heavy atom. The molecule has 1 fully saturated rings. The topological polar surface area (TPSA) is 38.3 Å². The number of hydrogen-bond acceptors (Lipinski definition) is 3. The summed E-state index contributed by atoms with van der Waals surface area (Å²) in [6.07, 6.45) is 3.43. The van der Waals surface area contributed by atoms with Crippen LogP contribution in [0.1, 0.15) is 29.5 Å². The molecule has 1 aliphatic rings. The molecule has 146 valence electrons. The van der Waals surface area contributed by atoms with E-state index in [0.29, 0.717) is 5.57 Å². The molecule has 0 aromatic heterocycles. The number of esters is 1. The first-order valence-corrected chi connectivity index (χ1v) is 10.1. The van der Waals surface area contributed by atoms with E-state index in [-0.39, 0.29) is 5.97 Å². The molecule has 0 saturated carbocycles. The highest BCUT2D eigenvalue weighted by molar-refractivity contribution is 6.21. The summed E-state index contributed by atoms with van der Waals surface area (Å²) in [7, 11) is 0. The average Bonchev–Trinajstić information content (AvgIpc) is 2.80. The van der Waals surface area contributed by atoms with E-state index in [1.54, 1.807) is 0 Å². The van der Waals surface area contributed by atoms with E-state index in [2.05, 4.69) is 17.4 Å². The molecule has 3 aromatic rings. The highest BCUT2D eigenvalue weighted by Crippen LogP contribution is 2.36. The van der Waals surface area contributed by atoms with Gasteiger partial charge in [0, 0.05) is 12.8 Å². The molecule has 0 bridgehead atoms. The lowest BCUT2D eigenvalue weighted by Gasteiger charge is -2.37. The Bertz CT molecular complexity index is 959. The van der Waals surface area contributed by atoms with E-state index in [0.717, 1.165) is 42.6 Å². The predicted molar refractivity (Wildman–Crippen MR) is 117 cm³/mol. The molecule has 0 aliphatic carbocycles. The van der Waals surface area contributed by atoms with Gasteiger partial charge in [0.25, 0.3) is 0 Å². The first-order chi connectivity index (χ1) is 14.3. The third kappa shape index (κ3) is 4.47. The van der Waals surface area contributed by atoms with E-state index in [9.17, 15) is 4.79 Å². The van der Waals surface area contributed by atoms with E-state index in [1.807, 2.05) is 84.9 Å². The summed E-state index contributed by atoms with van der Waals surface area (Å²) in [6.45, 7) is 1.65. The molecule has 1 N–H and O–H groups in total. The number of carbonyl (C=O) groups is 1. The number of piperidine rings is 1. The Labute approximate surface area is 172 Å². The first kappa shape index (κ1) is 19.2. The number of rotatable bonds is 5. The maximum absolute atomic E-state index is 13.5. The fourth-order valence-corrected chi connectivity index (χ4v) is 3.85. The maximum atomic E-state index is 13.5. The minimum Gasteiger partial charge on any atom is -0.450 e. The van der Waals surface area contributed by atoms with Crippen molar-refractivity contribution in [3.8, 4) is 0 Å². The molecule has 3 nitrogen and oxygen atoms in total. The molecule has 1 heterocycles. The molecule has 0 spiro atoms. The molecule has 0 amide bonds. The third-order valence-electron chi connectivity index (χ3n) is 5.41. The van der Waals surface area contributed by atoms with E-state index in [1.165, 1.54) is 0 Å². The van der Waals surface area contributed by atoms with Gasteiger partial charge >= 0.3 is 5.97 Å². The highest BCUT2D eigenvalue weighted by Gasteiger charge is 2.38. The molecule has 0 unspecified atom stereocenters. The lowest BCUT2D eigenvalue weighted by atomic mass is 9.84. The van der Waals surface area contributed by atoms with E-state index >= 15 is 0 Å². The largest absolute Gasteiger partial charge is 0.450 e. The Hall–Kier alpha value is -3.17. The zero-order chi connectivity index (χ0) is 19.9. The second-order valence-electron chi connectivity index (χ2n) is 7.33. The Morgan fingerprint density at radius 1 is 0.793 bits per heavy atom. The van der Waals surface area contributed by atoms with Gasteiger partial charge in [0.1, 0.15) is 5.60 Å². The number of benzene rings is 3. The minimum absolute atomic E-state index is 0.286. The van der Waals surface area contributed by atoms with Gasteiger partial charge in [-0.1, -0.05) is 91.0 Å². The lowest BCUT2D eigenvalue weighted by Crippen LogP contribution is -2.43. The highest BCUT2D eigenvalue weighted by atomic mass is 16.6. The van der Waals surface area contributed by atoms with Crippen molar-refractivity contribution in [3.63, 3.8) is 0 Å². The van der Waals surface area contributed by atoms with Crippen LogP contribution in [0, 0.1) is 0 Å². The summed E-state index contributed by atoms with van der Waals surface area (Å²) in [5.41, 5.74) is 2.86. The van der Waals surface area contributed by atoms with Gasteiger partial charge in [-0.15, -0.1) is 0 Å². The van der Waals surface area contributed by atoms with Gasteiger partial charge in [0.05, 0.1) is 5.57 Å². The van der Waals surface area contributed by atoms with Crippen molar-refractivity contribution in [3.05, 3.63) is 108 Å². The fraction of sp³-hybridized carbons (Fsp3) is 0.192. The van der Waals surface area contributed by atoms with Crippen molar-refractivity contribution in [2.75, 3.05) is 13.1 Å². The second kappa shape index (κ2) is 8.89. The van der Waals surface area contributed by atoms with Crippen LogP contribution in [-0.4, -0.2) is 19.1 Å². The summed E-state index contributed by atoms with van der Waals surface area (Å²) >= 11 is 0. The van der Waals surface area contributed by atoms with Gasteiger partial charge in [-0.2, -0.15) is 0 Å². The Balaban J connectivity index is 1.71. The molecule has 1 saturated heterocycles. The van der Waals surface area contributed by atoms with Gasteiger partial charge in [0.15, 0.2) is 0 Å². The quantitative estimate of drug-likeness (QED) is 0.381. The van der Waals surface area contributed by atoms with Crippen LogP contribution in [-0.2, 0) is 15.1 Å². The summed E-state index contributed by atoms with van der Waals surface area (Å²) < 4.78 is 6.31. The molecule has 4 rings (SSSR count). The second-order valence-corrected chi connectivity index (χ2v) is 7.33. The van der Waals surface area contributed by atoms with E-state index in [4.69, 9.17) is 4.74 Å². The van der Waals surface area contributed by atoms with Crippen LogP contribution >= 0.6 is 0 Å². The zero-order valence-corrected chi connectivity index (χ0v) is 16.4. The van der Waals surface area contributed by atoms with Crippen LogP contribution in [0.25, 0.3) is 11.6 Å². The van der Waals surface area contributed by atoms with Gasteiger partial charge in [-0.05, 0) is 35.9 Å². The monoisotopic (exact) mass is 383 g/mol. The van der Waals surface area contributed by atoms with Crippen LogP contribution in [0.3, 0.4) is 0 Å². The van der Waals surface area contributed by atoms with Crippen molar-refractivity contribution >= 4 is 17.6 Å². The maximum Gasteiger partial charge on any atom is 0.339 e. The summed E-state index contributed by atoms with van der Waals surface area (Å²) in [5, 5.41) is 3.38. The fourth-order valence-electron chi connectivity index (χ4n) is 3.85. The molecule has 29 heavy (non-hydrogen) atoms. The van der Waals surface area contributed by atoms with Crippen molar-refractivity contribution in [2.45, 2.75) is 18.4 Å². The summed E-state index contributed by atoms with van der Waals surface area (Å²) in [4.78, 5) is 13.5. The van der Waals surface area contributed by atoms with Crippen LogP contribution in [0.4, 0.5) is 0 Å². The molecule has 0 atom stereocenters. The van der Waals surface area contributed by atoms with Crippen molar-refractivity contribution < 1.29 is 9.53 Å². The summed E-state index contributed by atoms with van der Waals surface area (Å²) in [6, 6.07) is 29.8. The molecular formula is C26H25NO2. The molecular weight excluding hydrogens is 358 g/mol. The van der Waals surface area contributed by atoms with Crippen LogP contribution in [0.5, 0.6) is 0 Å². The van der Waals surface area contributed by atoms with Crippen molar-refractivity contribution in [1.82, 2.24) is 5.32 Å².